The summed E-state index contributed by atoms with van der Waals surface area (Å²) in [7, 11) is 0. The van der Waals surface area contributed by atoms with E-state index in [1.807, 2.05) is 32.0 Å². The minimum Gasteiger partial charge on any atom is -0.449 e. The molecule has 0 saturated heterocycles. The van der Waals surface area contributed by atoms with Crippen molar-refractivity contribution >= 4 is 12.1 Å². The molecule has 0 fully saturated rings. The van der Waals surface area contributed by atoms with Gasteiger partial charge in [0.15, 0.2) is 0 Å². The molecule has 0 unspecified atom stereocenters. The lowest BCUT2D eigenvalue weighted by molar-refractivity contribution is 0.0733. The summed E-state index contributed by atoms with van der Waals surface area (Å²) in [4.78, 5) is 25.9. The Balaban J connectivity index is 1.98. The first kappa shape index (κ1) is 18.5. The van der Waals surface area contributed by atoms with Crippen LogP contribution in [0.25, 0.3) is 0 Å². The minimum atomic E-state index is -0.420. The van der Waals surface area contributed by atoms with E-state index in [2.05, 4.69) is 0 Å². The molecule has 2 rings (SSSR count). The molecule has 0 aliphatic rings. The summed E-state index contributed by atoms with van der Waals surface area (Å²) in [6.45, 7) is 5.23. The molecule has 2 aromatic carbocycles. The zero-order valence-corrected chi connectivity index (χ0v) is 14.6. The van der Waals surface area contributed by atoms with Crippen LogP contribution >= 0.6 is 0 Å². The van der Waals surface area contributed by atoms with Crippen LogP contribution in [-0.4, -0.2) is 36.7 Å². The van der Waals surface area contributed by atoms with Crippen LogP contribution in [0.15, 0.2) is 54.6 Å². The van der Waals surface area contributed by atoms with Crippen molar-refractivity contribution in [1.29, 1.82) is 0 Å². The van der Waals surface area contributed by atoms with Crippen LogP contribution in [0, 0.1) is 0 Å². The minimum absolute atomic E-state index is 0.213. The van der Waals surface area contributed by atoms with Gasteiger partial charge in [-0.2, -0.15) is 0 Å². The molecule has 25 heavy (non-hydrogen) atoms. The van der Waals surface area contributed by atoms with Gasteiger partial charge in [-0.3, -0.25) is 0 Å². The first-order valence-corrected chi connectivity index (χ1v) is 8.42. The lowest BCUT2D eigenvalue weighted by atomic mass is 10.1. The van der Waals surface area contributed by atoms with Gasteiger partial charge in [0, 0.05) is 19.5 Å². The molecule has 0 bridgehead atoms. The van der Waals surface area contributed by atoms with Gasteiger partial charge in [-0.25, -0.2) is 9.59 Å². The van der Waals surface area contributed by atoms with Gasteiger partial charge in [-0.15, -0.1) is 0 Å². The van der Waals surface area contributed by atoms with Crippen LogP contribution in [0.3, 0.4) is 0 Å². The number of rotatable bonds is 7. The molecule has 0 atom stereocenters. The smallest absolute Gasteiger partial charge is 0.409 e. The molecule has 0 heterocycles. The molecular formula is C20H23NO4. The van der Waals surface area contributed by atoms with Crippen LogP contribution < -0.4 is 4.74 Å². The summed E-state index contributed by atoms with van der Waals surface area (Å²) in [5.41, 5.74) is 1.26. The van der Waals surface area contributed by atoms with Gasteiger partial charge >= 0.3 is 12.1 Å². The van der Waals surface area contributed by atoms with Crippen molar-refractivity contribution in [3.05, 3.63) is 65.7 Å². The first-order chi connectivity index (χ1) is 12.2. The number of hydrogen-bond donors (Lipinski definition) is 0. The second-order valence-electron chi connectivity index (χ2n) is 5.40. The fraction of sp³-hybridized carbons (Fsp3) is 0.300. The van der Waals surface area contributed by atoms with E-state index in [0.29, 0.717) is 30.8 Å². The van der Waals surface area contributed by atoms with Crippen molar-refractivity contribution < 1.29 is 19.1 Å². The van der Waals surface area contributed by atoms with E-state index in [4.69, 9.17) is 9.47 Å². The van der Waals surface area contributed by atoms with Crippen LogP contribution in [0.1, 0.15) is 29.8 Å². The molecule has 5 heteroatoms. The Morgan fingerprint density at radius 2 is 1.56 bits per heavy atom. The summed E-state index contributed by atoms with van der Waals surface area (Å²) in [6.07, 6.45) is 0.113. The van der Waals surface area contributed by atoms with Crippen molar-refractivity contribution in [2.24, 2.45) is 0 Å². The second-order valence-corrected chi connectivity index (χ2v) is 5.40. The topological polar surface area (TPSA) is 55.8 Å². The summed E-state index contributed by atoms with van der Waals surface area (Å²) < 4.78 is 10.7. The van der Waals surface area contributed by atoms with Crippen molar-refractivity contribution in [3.63, 3.8) is 0 Å². The van der Waals surface area contributed by atoms with E-state index in [9.17, 15) is 9.59 Å². The Hall–Kier alpha value is -2.82. The van der Waals surface area contributed by atoms with E-state index >= 15 is 0 Å². The number of carbonyl (C=O) groups excluding carboxylic acids is 2. The molecule has 0 aliphatic carbocycles. The van der Waals surface area contributed by atoms with Gasteiger partial charge in [-0.1, -0.05) is 36.4 Å². The summed E-state index contributed by atoms with van der Waals surface area (Å²) in [6, 6.07) is 16.1. The number of esters is 1. The lowest BCUT2D eigenvalue weighted by Gasteiger charge is -2.18. The SMILES string of the molecule is CCN(CC)C(=O)OCCc1ccccc1C(=O)Oc1ccccc1. The number of amides is 1. The summed E-state index contributed by atoms with van der Waals surface area (Å²) in [5.74, 6) is 0.0760. The van der Waals surface area contributed by atoms with Crippen LogP contribution in [0.4, 0.5) is 4.79 Å². The number of hydrogen-bond acceptors (Lipinski definition) is 4. The van der Waals surface area contributed by atoms with Crippen molar-refractivity contribution in [1.82, 2.24) is 4.90 Å². The maximum absolute atomic E-state index is 12.4. The molecule has 0 radical (unpaired) electrons. The third-order valence-corrected chi connectivity index (χ3v) is 3.81. The predicted octanol–water partition coefficient (Wildman–Crippen LogP) is 3.93. The fourth-order valence-electron chi connectivity index (χ4n) is 2.41. The maximum Gasteiger partial charge on any atom is 0.409 e. The third kappa shape index (κ3) is 5.35. The van der Waals surface area contributed by atoms with E-state index in [-0.39, 0.29) is 12.7 Å². The van der Waals surface area contributed by atoms with Gasteiger partial charge < -0.3 is 14.4 Å². The van der Waals surface area contributed by atoms with Gasteiger partial charge in [0.1, 0.15) is 5.75 Å². The second kappa shape index (κ2) is 9.47. The standard InChI is InChI=1S/C20H23NO4/c1-3-21(4-2)20(23)24-15-14-16-10-8-9-13-18(16)19(22)25-17-11-6-5-7-12-17/h5-13H,3-4,14-15H2,1-2H3. The van der Waals surface area contributed by atoms with Crippen LogP contribution in [0.2, 0.25) is 0 Å². The molecule has 0 aliphatic heterocycles. The number of ether oxygens (including phenoxy) is 2. The molecule has 132 valence electrons. The van der Waals surface area contributed by atoms with Crippen molar-refractivity contribution in [2.45, 2.75) is 20.3 Å². The van der Waals surface area contributed by atoms with Gasteiger partial charge in [0.25, 0.3) is 0 Å². The van der Waals surface area contributed by atoms with Gasteiger partial charge in [0.2, 0.25) is 0 Å². The highest BCUT2D eigenvalue weighted by atomic mass is 16.6. The molecular weight excluding hydrogens is 318 g/mol. The Kier molecular flexibility index (Phi) is 7.01. The highest BCUT2D eigenvalue weighted by Crippen LogP contribution is 2.15. The molecule has 0 spiro atoms. The summed E-state index contributed by atoms with van der Waals surface area (Å²) >= 11 is 0. The van der Waals surface area contributed by atoms with Gasteiger partial charge in [0.05, 0.1) is 12.2 Å². The molecule has 5 nitrogen and oxygen atoms in total. The molecule has 2 aromatic rings. The third-order valence-electron chi connectivity index (χ3n) is 3.81. The molecule has 1 amide bonds. The first-order valence-electron chi connectivity index (χ1n) is 8.42. The number of para-hydroxylation sites is 1. The van der Waals surface area contributed by atoms with E-state index in [1.165, 1.54) is 0 Å². The predicted molar refractivity (Wildman–Crippen MR) is 95.8 cm³/mol. The zero-order valence-electron chi connectivity index (χ0n) is 14.6. The van der Waals surface area contributed by atoms with E-state index < -0.39 is 5.97 Å². The zero-order chi connectivity index (χ0) is 18.1. The van der Waals surface area contributed by atoms with Gasteiger partial charge in [-0.05, 0) is 37.6 Å². The monoisotopic (exact) mass is 341 g/mol. The maximum atomic E-state index is 12.4. The highest BCUT2D eigenvalue weighted by Gasteiger charge is 2.15. The number of carbonyl (C=O) groups is 2. The van der Waals surface area contributed by atoms with Crippen LogP contribution in [-0.2, 0) is 11.2 Å². The highest BCUT2D eigenvalue weighted by molar-refractivity contribution is 5.92. The molecule has 0 N–H and O–H groups in total. The Morgan fingerprint density at radius 3 is 2.24 bits per heavy atom. The fourth-order valence-corrected chi connectivity index (χ4v) is 2.41. The van der Waals surface area contributed by atoms with Crippen molar-refractivity contribution in [3.8, 4) is 5.75 Å². The summed E-state index contributed by atoms with van der Waals surface area (Å²) in [5, 5.41) is 0. The molecule has 0 saturated carbocycles. The molecule has 0 aromatic heterocycles. The largest absolute Gasteiger partial charge is 0.449 e. The number of benzene rings is 2. The number of nitrogens with zero attached hydrogens (tertiary/aromatic N) is 1. The Morgan fingerprint density at radius 1 is 0.920 bits per heavy atom. The normalized spacial score (nSPS) is 10.2. The lowest BCUT2D eigenvalue weighted by Crippen LogP contribution is -2.31. The average Bonchev–Trinajstić information content (AvgIpc) is 2.64. The average molecular weight is 341 g/mol. The Labute approximate surface area is 148 Å². The van der Waals surface area contributed by atoms with E-state index in [0.717, 1.165) is 5.56 Å². The van der Waals surface area contributed by atoms with E-state index in [1.54, 1.807) is 41.3 Å². The van der Waals surface area contributed by atoms with Crippen molar-refractivity contribution in [2.75, 3.05) is 19.7 Å². The van der Waals surface area contributed by atoms with Crippen LogP contribution in [0.5, 0.6) is 5.75 Å². The quantitative estimate of drug-likeness (QED) is 0.566. The Bertz CT molecular complexity index is 696.